The molecule has 2 N–H and O–H groups in total. The molecule has 14 heavy (non-hydrogen) atoms. The van der Waals surface area contributed by atoms with Crippen molar-refractivity contribution in [3.8, 4) is 0 Å². The zero-order valence-corrected chi connectivity index (χ0v) is 8.95. The van der Waals surface area contributed by atoms with Crippen LogP contribution >= 0.6 is 0 Å². The second-order valence-electron chi connectivity index (χ2n) is 2.98. The zero-order chi connectivity index (χ0) is 11.0. The van der Waals surface area contributed by atoms with E-state index in [1.807, 2.05) is 13.8 Å². The van der Waals surface area contributed by atoms with Crippen LogP contribution in [0.1, 0.15) is 13.8 Å². The number of ether oxygens (including phenoxy) is 2. The molecule has 84 valence electrons. The van der Waals surface area contributed by atoms with Gasteiger partial charge in [0.25, 0.3) is 0 Å². The van der Waals surface area contributed by atoms with E-state index in [4.69, 9.17) is 14.6 Å². The van der Waals surface area contributed by atoms with E-state index in [2.05, 4.69) is 5.32 Å². The predicted molar refractivity (Wildman–Crippen MR) is 52.4 cm³/mol. The smallest absolute Gasteiger partial charge is 0.323 e. The first kappa shape index (κ1) is 13.4. The van der Waals surface area contributed by atoms with Crippen LogP contribution in [-0.4, -0.2) is 50.1 Å². The number of carboxylic acids is 1. The summed E-state index contributed by atoms with van der Waals surface area (Å²) in [4.78, 5) is 10.6. The molecule has 0 rings (SSSR count). The zero-order valence-electron chi connectivity index (χ0n) is 8.95. The van der Waals surface area contributed by atoms with E-state index >= 15 is 0 Å². The number of hydrogen-bond acceptors (Lipinski definition) is 4. The molecule has 5 heteroatoms. The van der Waals surface area contributed by atoms with E-state index < -0.39 is 12.0 Å². The summed E-state index contributed by atoms with van der Waals surface area (Å²) in [6, 6.07) is -0.654. The van der Waals surface area contributed by atoms with Crippen LogP contribution in [0.3, 0.4) is 0 Å². The Morgan fingerprint density at radius 2 is 2.14 bits per heavy atom. The molecule has 0 aromatic heterocycles. The van der Waals surface area contributed by atoms with Gasteiger partial charge in [-0.05, 0) is 20.9 Å². The maximum atomic E-state index is 10.6. The van der Waals surface area contributed by atoms with E-state index in [1.165, 1.54) is 0 Å². The molecular weight excluding hydrogens is 186 g/mol. The molecule has 0 fully saturated rings. The van der Waals surface area contributed by atoms with Gasteiger partial charge >= 0.3 is 5.97 Å². The molecule has 0 saturated heterocycles. The summed E-state index contributed by atoms with van der Waals surface area (Å²) in [5, 5.41) is 11.3. The highest BCUT2D eigenvalue weighted by molar-refractivity contribution is 5.73. The lowest BCUT2D eigenvalue weighted by atomic mass is 10.3. The molecule has 0 aromatic rings. The highest BCUT2D eigenvalue weighted by Crippen LogP contribution is 1.94. The molecule has 0 heterocycles. The summed E-state index contributed by atoms with van der Waals surface area (Å²) in [6.45, 7) is 5.04. The number of rotatable bonds is 8. The SMILES string of the molecule is CCOCC(C)OCC(NC)C(=O)O. The van der Waals surface area contributed by atoms with Gasteiger partial charge in [0.1, 0.15) is 6.04 Å². The van der Waals surface area contributed by atoms with Crippen molar-refractivity contribution in [2.24, 2.45) is 0 Å². The normalized spacial score (nSPS) is 15.1. The van der Waals surface area contributed by atoms with Gasteiger partial charge in [-0.25, -0.2) is 0 Å². The molecular formula is C9H19NO4. The van der Waals surface area contributed by atoms with Crippen LogP contribution in [0.25, 0.3) is 0 Å². The van der Waals surface area contributed by atoms with E-state index in [1.54, 1.807) is 7.05 Å². The lowest BCUT2D eigenvalue weighted by Crippen LogP contribution is -2.39. The number of carbonyl (C=O) groups is 1. The fourth-order valence-electron chi connectivity index (χ4n) is 0.871. The van der Waals surface area contributed by atoms with Gasteiger partial charge in [0, 0.05) is 6.61 Å². The van der Waals surface area contributed by atoms with E-state index in [0.29, 0.717) is 13.2 Å². The highest BCUT2D eigenvalue weighted by atomic mass is 16.5. The second kappa shape index (κ2) is 7.73. The number of likely N-dealkylation sites (N-methyl/N-ethyl adjacent to an activating group) is 1. The van der Waals surface area contributed by atoms with Crippen LogP contribution < -0.4 is 5.32 Å². The third-order valence-electron chi connectivity index (χ3n) is 1.75. The van der Waals surface area contributed by atoms with Gasteiger partial charge < -0.3 is 19.9 Å². The molecule has 0 aliphatic rings. The minimum absolute atomic E-state index is 0.0786. The summed E-state index contributed by atoms with van der Waals surface area (Å²) in [6.07, 6.45) is -0.0786. The minimum Gasteiger partial charge on any atom is -0.480 e. The first-order valence-electron chi connectivity index (χ1n) is 4.71. The average molecular weight is 205 g/mol. The van der Waals surface area contributed by atoms with E-state index in [-0.39, 0.29) is 12.7 Å². The molecule has 0 radical (unpaired) electrons. The molecule has 0 bridgehead atoms. The van der Waals surface area contributed by atoms with Crippen molar-refractivity contribution in [1.82, 2.24) is 5.32 Å². The maximum Gasteiger partial charge on any atom is 0.323 e. The number of nitrogens with one attached hydrogen (secondary N) is 1. The molecule has 0 aliphatic carbocycles. The average Bonchev–Trinajstić information content (AvgIpc) is 2.15. The third-order valence-corrected chi connectivity index (χ3v) is 1.75. The molecule has 0 aromatic carbocycles. The third kappa shape index (κ3) is 5.90. The summed E-state index contributed by atoms with van der Waals surface area (Å²) < 4.78 is 10.4. The second-order valence-corrected chi connectivity index (χ2v) is 2.98. The first-order valence-corrected chi connectivity index (χ1v) is 4.71. The Morgan fingerprint density at radius 3 is 2.57 bits per heavy atom. The van der Waals surface area contributed by atoms with Crippen molar-refractivity contribution in [3.05, 3.63) is 0 Å². The lowest BCUT2D eigenvalue weighted by Gasteiger charge is -2.16. The van der Waals surface area contributed by atoms with Gasteiger partial charge in [-0.2, -0.15) is 0 Å². The summed E-state index contributed by atoms with van der Waals surface area (Å²) in [7, 11) is 1.59. The monoisotopic (exact) mass is 205 g/mol. The van der Waals surface area contributed by atoms with E-state index in [0.717, 1.165) is 0 Å². The quantitative estimate of drug-likeness (QED) is 0.588. The fourth-order valence-corrected chi connectivity index (χ4v) is 0.871. The summed E-state index contributed by atoms with van der Waals surface area (Å²) >= 11 is 0. The molecule has 0 amide bonds. The molecule has 5 nitrogen and oxygen atoms in total. The highest BCUT2D eigenvalue weighted by Gasteiger charge is 2.16. The largest absolute Gasteiger partial charge is 0.480 e. The Hall–Kier alpha value is -0.650. The van der Waals surface area contributed by atoms with Crippen molar-refractivity contribution in [1.29, 1.82) is 0 Å². The van der Waals surface area contributed by atoms with Crippen LogP contribution in [0.2, 0.25) is 0 Å². The van der Waals surface area contributed by atoms with Gasteiger partial charge in [-0.1, -0.05) is 0 Å². The van der Waals surface area contributed by atoms with Crippen molar-refractivity contribution in [2.75, 3.05) is 26.9 Å². The van der Waals surface area contributed by atoms with Gasteiger partial charge in [-0.15, -0.1) is 0 Å². The lowest BCUT2D eigenvalue weighted by molar-refractivity contribution is -0.141. The van der Waals surface area contributed by atoms with Crippen molar-refractivity contribution in [2.45, 2.75) is 26.0 Å². The number of carboxylic acid groups (broad SMARTS) is 1. The van der Waals surface area contributed by atoms with Crippen LogP contribution in [0.4, 0.5) is 0 Å². The first-order chi connectivity index (χ1) is 6.61. The molecule has 0 saturated carbocycles. The Kier molecular flexibility index (Phi) is 7.37. The van der Waals surface area contributed by atoms with Gasteiger partial charge in [0.05, 0.1) is 19.3 Å². The van der Waals surface area contributed by atoms with Gasteiger partial charge in [0.2, 0.25) is 0 Å². The molecule has 0 spiro atoms. The Balaban J connectivity index is 3.62. The topological polar surface area (TPSA) is 67.8 Å². The maximum absolute atomic E-state index is 10.6. The number of hydrogen-bond donors (Lipinski definition) is 2. The molecule has 2 atom stereocenters. The van der Waals surface area contributed by atoms with Crippen LogP contribution in [0.5, 0.6) is 0 Å². The van der Waals surface area contributed by atoms with Crippen LogP contribution in [0.15, 0.2) is 0 Å². The van der Waals surface area contributed by atoms with E-state index in [9.17, 15) is 4.79 Å². The Morgan fingerprint density at radius 1 is 1.50 bits per heavy atom. The number of aliphatic carboxylic acids is 1. The van der Waals surface area contributed by atoms with Crippen LogP contribution in [-0.2, 0) is 14.3 Å². The van der Waals surface area contributed by atoms with Gasteiger partial charge in [-0.3, -0.25) is 4.79 Å². The minimum atomic E-state index is -0.906. The Labute approximate surface area is 84.4 Å². The van der Waals surface area contributed by atoms with Gasteiger partial charge in [0.15, 0.2) is 0 Å². The van der Waals surface area contributed by atoms with Crippen molar-refractivity contribution < 1.29 is 19.4 Å². The van der Waals surface area contributed by atoms with Crippen molar-refractivity contribution >= 4 is 5.97 Å². The molecule has 2 unspecified atom stereocenters. The standard InChI is InChI=1S/C9H19NO4/c1-4-13-5-7(2)14-6-8(10-3)9(11)12/h7-8,10H,4-6H2,1-3H3,(H,11,12). The predicted octanol–water partition coefficient (Wildman–Crippen LogP) is 0.101. The summed E-state index contributed by atoms with van der Waals surface area (Å²) in [5.74, 6) is -0.906. The Bertz CT molecular complexity index is 163. The van der Waals surface area contributed by atoms with Crippen LogP contribution in [0, 0.1) is 0 Å². The van der Waals surface area contributed by atoms with Crippen molar-refractivity contribution in [3.63, 3.8) is 0 Å². The fraction of sp³-hybridized carbons (Fsp3) is 0.889. The molecule has 0 aliphatic heterocycles. The summed E-state index contributed by atoms with van der Waals surface area (Å²) in [5.41, 5.74) is 0.